The monoisotopic (exact) mass is 299 g/mol. The standard InChI is InChI=1S/C15H22FNO2S/c1-10-8-14(16)9-11(2)15(10)20(18,19)17-12(3)13-6-4-5-7-13/h8-9,12-13,17H,4-7H2,1-3H3. The summed E-state index contributed by atoms with van der Waals surface area (Å²) in [6, 6.07) is 2.45. The van der Waals surface area contributed by atoms with Crippen LogP contribution in [0.5, 0.6) is 0 Å². The van der Waals surface area contributed by atoms with Crippen LogP contribution in [0.25, 0.3) is 0 Å². The van der Waals surface area contributed by atoms with Crippen molar-refractivity contribution >= 4 is 10.0 Å². The van der Waals surface area contributed by atoms with E-state index in [1.165, 1.54) is 25.0 Å². The first-order valence-corrected chi connectivity index (χ1v) is 8.58. The second kappa shape index (κ2) is 5.82. The Kier molecular flexibility index (Phi) is 4.49. The van der Waals surface area contributed by atoms with E-state index < -0.39 is 15.8 Å². The van der Waals surface area contributed by atoms with Gasteiger partial charge in [0.25, 0.3) is 0 Å². The van der Waals surface area contributed by atoms with E-state index in [0.717, 1.165) is 12.8 Å². The van der Waals surface area contributed by atoms with E-state index in [0.29, 0.717) is 17.0 Å². The van der Waals surface area contributed by atoms with Crippen LogP contribution in [0.2, 0.25) is 0 Å². The summed E-state index contributed by atoms with van der Waals surface area (Å²) >= 11 is 0. The van der Waals surface area contributed by atoms with Crippen LogP contribution in [0, 0.1) is 25.6 Å². The lowest BCUT2D eigenvalue weighted by Crippen LogP contribution is -2.37. The number of nitrogens with one attached hydrogen (secondary N) is 1. The molecule has 112 valence electrons. The summed E-state index contributed by atoms with van der Waals surface area (Å²) in [7, 11) is -3.59. The summed E-state index contributed by atoms with van der Waals surface area (Å²) < 4.78 is 41.1. The molecule has 1 aliphatic carbocycles. The molecule has 1 unspecified atom stereocenters. The number of sulfonamides is 1. The average Bonchev–Trinajstić information content (AvgIpc) is 2.78. The van der Waals surface area contributed by atoms with Gasteiger partial charge in [-0.3, -0.25) is 0 Å². The van der Waals surface area contributed by atoms with Gasteiger partial charge in [0.05, 0.1) is 4.90 Å². The normalized spacial score (nSPS) is 18.4. The van der Waals surface area contributed by atoms with E-state index in [1.807, 2.05) is 6.92 Å². The van der Waals surface area contributed by atoms with Crippen LogP contribution in [0.4, 0.5) is 4.39 Å². The lowest BCUT2D eigenvalue weighted by atomic mass is 10.0. The smallest absolute Gasteiger partial charge is 0.208 e. The molecule has 1 fully saturated rings. The molecule has 0 aromatic heterocycles. The lowest BCUT2D eigenvalue weighted by molar-refractivity contribution is 0.423. The maximum Gasteiger partial charge on any atom is 0.241 e. The zero-order valence-corrected chi connectivity index (χ0v) is 13.1. The molecule has 1 aliphatic rings. The predicted molar refractivity (Wildman–Crippen MR) is 77.6 cm³/mol. The van der Waals surface area contributed by atoms with Crippen LogP contribution < -0.4 is 4.72 Å². The molecule has 5 heteroatoms. The van der Waals surface area contributed by atoms with E-state index in [1.54, 1.807) is 13.8 Å². The van der Waals surface area contributed by atoms with Crippen molar-refractivity contribution in [1.82, 2.24) is 4.72 Å². The first kappa shape index (κ1) is 15.4. The van der Waals surface area contributed by atoms with Crippen molar-refractivity contribution < 1.29 is 12.8 Å². The topological polar surface area (TPSA) is 46.2 Å². The fourth-order valence-corrected chi connectivity index (χ4v) is 4.94. The Hall–Kier alpha value is -0.940. The van der Waals surface area contributed by atoms with Gasteiger partial charge in [-0.15, -0.1) is 0 Å². The minimum atomic E-state index is -3.59. The molecule has 0 spiro atoms. The second-order valence-corrected chi connectivity index (χ2v) is 7.47. The highest BCUT2D eigenvalue weighted by atomic mass is 32.2. The molecule has 1 saturated carbocycles. The number of rotatable bonds is 4. The number of hydrogen-bond donors (Lipinski definition) is 1. The molecule has 0 bridgehead atoms. The second-order valence-electron chi connectivity index (χ2n) is 5.82. The summed E-state index contributed by atoms with van der Waals surface area (Å²) in [4.78, 5) is 0.212. The Morgan fingerprint density at radius 2 is 1.70 bits per heavy atom. The van der Waals surface area contributed by atoms with Crippen molar-refractivity contribution in [2.75, 3.05) is 0 Å². The molecule has 1 aromatic carbocycles. The Labute approximate surface area is 120 Å². The molecule has 0 aliphatic heterocycles. The minimum absolute atomic E-state index is 0.0775. The van der Waals surface area contributed by atoms with E-state index in [4.69, 9.17) is 0 Å². The Balaban J connectivity index is 2.26. The van der Waals surface area contributed by atoms with Gasteiger partial charge in [-0.05, 0) is 62.8 Å². The summed E-state index contributed by atoms with van der Waals surface area (Å²) in [5, 5.41) is 0. The first-order chi connectivity index (χ1) is 9.31. The van der Waals surface area contributed by atoms with E-state index in [2.05, 4.69) is 4.72 Å². The van der Waals surface area contributed by atoms with Gasteiger partial charge in [-0.25, -0.2) is 17.5 Å². The third-order valence-corrected chi connectivity index (χ3v) is 6.01. The van der Waals surface area contributed by atoms with Crippen molar-refractivity contribution in [2.45, 2.75) is 57.4 Å². The number of hydrogen-bond acceptors (Lipinski definition) is 2. The Bertz CT molecular complexity index is 569. The van der Waals surface area contributed by atoms with Crippen molar-refractivity contribution in [3.8, 4) is 0 Å². The summed E-state index contributed by atoms with van der Waals surface area (Å²) in [5.74, 6) is 0.00799. The largest absolute Gasteiger partial charge is 0.241 e. The number of benzene rings is 1. The molecule has 0 amide bonds. The van der Waals surface area contributed by atoms with E-state index in [-0.39, 0.29) is 10.9 Å². The third kappa shape index (κ3) is 3.20. The van der Waals surface area contributed by atoms with Crippen molar-refractivity contribution in [3.05, 3.63) is 29.1 Å². The molecule has 0 radical (unpaired) electrons. The van der Waals surface area contributed by atoms with Gasteiger partial charge >= 0.3 is 0 Å². The van der Waals surface area contributed by atoms with Gasteiger partial charge in [0.1, 0.15) is 5.82 Å². The predicted octanol–water partition coefficient (Wildman–Crippen LogP) is 3.30. The van der Waals surface area contributed by atoms with Crippen LogP contribution in [0.1, 0.15) is 43.7 Å². The zero-order chi connectivity index (χ0) is 14.9. The maximum absolute atomic E-state index is 13.3. The van der Waals surface area contributed by atoms with Gasteiger partial charge in [0.15, 0.2) is 0 Å². The van der Waals surface area contributed by atoms with Gasteiger partial charge in [0.2, 0.25) is 10.0 Å². The van der Waals surface area contributed by atoms with Crippen LogP contribution >= 0.6 is 0 Å². The van der Waals surface area contributed by atoms with E-state index >= 15 is 0 Å². The Morgan fingerprint density at radius 3 is 2.20 bits per heavy atom. The van der Waals surface area contributed by atoms with Gasteiger partial charge in [-0.2, -0.15) is 0 Å². The molecule has 3 nitrogen and oxygen atoms in total. The third-order valence-electron chi connectivity index (χ3n) is 4.14. The molecule has 1 aromatic rings. The highest BCUT2D eigenvalue weighted by molar-refractivity contribution is 7.89. The molecule has 1 N–H and O–H groups in total. The average molecular weight is 299 g/mol. The molecular weight excluding hydrogens is 277 g/mol. The minimum Gasteiger partial charge on any atom is -0.208 e. The summed E-state index contributed by atoms with van der Waals surface area (Å²) in [6.45, 7) is 5.18. The highest BCUT2D eigenvalue weighted by Gasteiger charge is 2.28. The lowest BCUT2D eigenvalue weighted by Gasteiger charge is -2.21. The van der Waals surface area contributed by atoms with E-state index in [9.17, 15) is 12.8 Å². The molecular formula is C15H22FNO2S. The fourth-order valence-electron chi connectivity index (χ4n) is 3.18. The van der Waals surface area contributed by atoms with Crippen LogP contribution in [-0.2, 0) is 10.0 Å². The molecule has 1 atom stereocenters. The van der Waals surface area contributed by atoms with Gasteiger partial charge in [0, 0.05) is 6.04 Å². The fraction of sp³-hybridized carbons (Fsp3) is 0.600. The van der Waals surface area contributed by atoms with Crippen molar-refractivity contribution in [3.63, 3.8) is 0 Å². The number of aryl methyl sites for hydroxylation is 2. The first-order valence-electron chi connectivity index (χ1n) is 7.10. The molecule has 20 heavy (non-hydrogen) atoms. The quantitative estimate of drug-likeness (QED) is 0.927. The summed E-state index contributed by atoms with van der Waals surface area (Å²) in [5.41, 5.74) is 0.905. The SMILES string of the molecule is Cc1cc(F)cc(C)c1S(=O)(=O)NC(C)C1CCCC1. The highest BCUT2D eigenvalue weighted by Crippen LogP contribution is 2.29. The maximum atomic E-state index is 13.3. The van der Waals surface area contributed by atoms with Crippen LogP contribution in [0.3, 0.4) is 0 Å². The van der Waals surface area contributed by atoms with Gasteiger partial charge < -0.3 is 0 Å². The van der Waals surface area contributed by atoms with Crippen molar-refractivity contribution in [2.24, 2.45) is 5.92 Å². The van der Waals surface area contributed by atoms with Crippen LogP contribution in [0.15, 0.2) is 17.0 Å². The summed E-state index contributed by atoms with van der Waals surface area (Å²) in [6.07, 6.45) is 4.49. The van der Waals surface area contributed by atoms with Gasteiger partial charge in [-0.1, -0.05) is 12.8 Å². The van der Waals surface area contributed by atoms with Crippen molar-refractivity contribution in [1.29, 1.82) is 0 Å². The molecule has 0 heterocycles. The molecule has 2 rings (SSSR count). The van der Waals surface area contributed by atoms with Crippen LogP contribution in [-0.4, -0.2) is 14.5 Å². The zero-order valence-electron chi connectivity index (χ0n) is 12.2. The number of halogens is 1. The Morgan fingerprint density at radius 1 is 1.20 bits per heavy atom. The molecule has 0 saturated heterocycles.